The van der Waals surface area contributed by atoms with Gasteiger partial charge in [-0.25, -0.2) is 9.78 Å². The Bertz CT molecular complexity index is 635. The van der Waals surface area contributed by atoms with Gasteiger partial charge >= 0.3 is 5.97 Å². The molecule has 0 bridgehead atoms. The average molecular weight is 290 g/mol. The molecule has 1 aromatic carbocycles. The van der Waals surface area contributed by atoms with Crippen molar-refractivity contribution < 1.29 is 9.53 Å². The van der Waals surface area contributed by atoms with Crippen molar-refractivity contribution in [2.75, 3.05) is 12.4 Å². The minimum Gasteiger partial charge on any atom is -0.465 e. The third kappa shape index (κ3) is 3.17. The summed E-state index contributed by atoms with van der Waals surface area (Å²) < 4.78 is 4.74. The molecule has 1 aromatic heterocycles. The highest BCUT2D eigenvalue weighted by molar-refractivity contribution is 7.11. The monoisotopic (exact) mass is 290 g/mol. The zero-order chi connectivity index (χ0) is 14.7. The maximum absolute atomic E-state index is 11.6. The molecule has 0 atom stereocenters. The number of carbonyl (C=O) groups is 1. The van der Waals surface area contributed by atoms with Gasteiger partial charge in [-0.3, -0.25) is 0 Å². The van der Waals surface area contributed by atoms with Crippen LogP contribution < -0.4 is 5.32 Å². The summed E-state index contributed by atoms with van der Waals surface area (Å²) >= 11 is 1.69. The van der Waals surface area contributed by atoms with Gasteiger partial charge in [0.15, 0.2) is 0 Å². The van der Waals surface area contributed by atoms with Crippen molar-refractivity contribution >= 4 is 23.0 Å². The van der Waals surface area contributed by atoms with E-state index in [-0.39, 0.29) is 5.97 Å². The molecule has 106 valence electrons. The highest BCUT2D eigenvalue weighted by Crippen LogP contribution is 2.22. The topological polar surface area (TPSA) is 51.2 Å². The lowest BCUT2D eigenvalue weighted by Gasteiger charge is -2.10. The number of hydrogen-bond donors (Lipinski definition) is 1. The molecule has 4 nitrogen and oxygen atoms in total. The summed E-state index contributed by atoms with van der Waals surface area (Å²) in [6.07, 6.45) is 0. The molecule has 20 heavy (non-hydrogen) atoms. The second-order valence-electron chi connectivity index (χ2n) is 4.62. The zero-order valence-electron chi connectivity index (χ0n) is 12.1. The molecule has 1 N–H and O–H groups in total. The van der Waals surface area contributed by atoms with Gasteiger partial charge in [0.1, 0.15) is 0 Å². The first kappa shape index (κ1) is 14.5. The van der Waals surface area contributed by atoms with Crippen molar-refractivity contribution in [2.24, 2.45) is 0 Å². The predicted molar refractivity (Wildman–Crippen MR) is 81.4 cm³/mol. The number of anilines is 1. The first-order chi connectivity index (χ1) is 9.51. The van der Waals surface area contributed by atoms with E-state index in [0.717, 1.165) is 22.0 Å². The quantitative estimate of drug-likeness (QED) is 0.876. The summed E-state index contributed by atoms with van der Waals surface area (Å²) in [5.74, 6) is -0.321. The van der Waals surface area contributed by atoms with Gasteiger partial charge in [0.25, 0.3) is 0 Å². The van der Waals surface area contributed by atoms with Crippen LogP contribution in [-0.2, 0) is 11.3 Å². The lowest BCUT2D eigenvalue weighted by Crippen LogP contribution is -2.05. The Kier molecular flexibility index (Phi) is 4.39. The molecule has 0 saturated heterocycles. The summed E-state index contributed by atoms with van der Waals surface area (Å²) in [4.78, 5) is 17.2. The number of aromatic nitrogens is 1. The molecule has 0 amide bonds. The predicted octanol–water partition coefficient (Wildman–Crippen LogP) is 3.47. The number of nitrogens with one attached hydrogen (secondary N) is 1. The molecule has 0 fully saturated rings. The highest BCUT2D eigenvalue weighted by atomic mass is 32.1. The Morgan fingerprint density at radius 3 is 2.70 bits per heavy atom. The minimum atomic E-state index is -0.321. The van der Waals surface area contributed by atoms with Crippen LogP contribution in [0.5, 0.6) is 0 Å². The van der Waals surface area contributed by atoms with Crippen LogP contribution in [0.2, 0.25) is 0 Å². The van der Waals surface area contributed by atoms with Crippen LogP contribution in [0.1, 0.15) is 31.5 Å². The van der Waals surface area contributed by atoms with E-state index in [1.807, 2.05) is 32.9 Å². The van der Waals surface area contributed by atoms with E-state index in [0.29, 0.717) is 12.1 Å². The molecular formula is C15H18N2O2S. The molecule has 0 aliphatic rings. The van der Waals surface area contributed by atoms with Crippen LogP contribution in [0.25, 0.3) is 0 Å². The standard InChI is InChI=1S/C15H18N2O2S/c1-9-5-6-12(15(18)19-4)7-13(9)16-8-14-10(2)17-11(3)20-14/h5-7,16H,8H2,1-4H3. The van der Waals surface area contributed by atoms with Gasteiger partial charge in [0.2, 0.25) is 0 Å². The van der Waals surface area contributed by atoms with Crippen LogP contribution in [0.15, 0.2) is 18.2 Å². The van der Waals surface area contributed by atoms with Gasteiger partial charge in [0.05, 0.1) is 29.9 Å². The number of nitrogens with zero attached hydrogens (tertiary/aromatic N) is 1. The van der Waals surface area contributed by atoms with Gasteiger partial charge < -0.3 is 10.1 Å². The highest BCUT2D eigenvalue weighted by Gasteiger charge is 2.09. The van der Waals surface area contributed by atoms with E-state index in [1.165, 1.54) is 12.0 Å². The Morgan fingerprint density at radius 2 is 2.10 bits per heavy atom. The number of aryl methyl sites for hydroxylation is 3. The van der Waals surface area contributed by atoms with Gasteiger partial charge in [-0.05, 0) is 38.5 Å². The molecule has 0 saturated carbocycles. The summed E-state index contributed by atoms with van der Waals surface area (Å²) in [5, 5.41) is 4.43. The van der Waals surface area contributed by atoms with E-state index in [4.69, 9.17) is 4.74 Å². The van der Waals surface area contributed by atoms with E-state index < -0.39 is 0 Å². The number of thiazole rings is 1. The number of ether oxygens (including phenoxy) is 1. The maximum Gasteiger partial charge on any atom is 0.337 e. The lowest BCUT2D eigenvalue weighted by molar-refractivity contribution is 0.0601. The molecule has 2 aromatic rings. The molecule has 0 spiro atoms. The average Bonchev–Trinajstić information content (AvgIpc) is 2.75. The second kappa shape index (κ2) is 6.05. The Hall–Kier alpha value is -1.88. The fourth-order valence-corrected chi connectivity index (χ4v) is 2.85. The van der Waals surface area contributed by atoms with E-state index in [2.05, 4.69) is 10.3 Å². The maximum atomic E-state index is 11.6. The number of hydrogen-bond acceptors (Lipinski definition) is 5. The number of carbonyl (C=O) groups excluding carboxylic acids is 1. The summed E-state index contributed by atoms with van der Waals surface area (Å²) in [6, 6.07) is 5.51. The van der Waals surface area contributed by atoms with Crippen molar-refractivity contribution in [1.29, 1.82) is 0 Å². The third-order valence-corrected chi connectivity index (χ3v) is 4.17. The van der Waals surface area contributed by atoms with Crippen LogP contribution >= 0.6 is 11.3 Å². The smallest absolute Gasteiger partial charge is 0.337 e. The molecule has 0 unspecified atom stereocenters. The van der Waals surface area contributed by atoms with Gasteiger partial charge in [-0.1, -0.05) is 6.07 Å². The van der Waals surface area contributed by atoms with E-state index in [9.17, 15) is 4.79 Å². The Labute approximate surface area is 122 Å². The van der Waals surface area contributed by atoms with Gasteiger partial charge in [-0.2, -0.15) is 0 Å². The van der Waals surface area contributed by atoms with E-state index >= 15 is 0 Å². The molecule has 5 heteroatoms. The van der Waals surface area contributed by atoms with Crippen LogP contribution in [0.4, 0.5) is 5.69 Å². The second-order valence-corrected chi connectivity index (χ2v) is 5.90. The van der Waals surface area contributed by atoms with Crippen molar-refractivity contribution in [3.63, 3.8) is 0 Å². The first-order valence-corrected chi connectivity index (χ1v) is 7.18. The third-order valence-electron chi connectivity index (χ3n) is 3.10. The summed E-state index contributed by atoms with van der Waals surface area (Å²) in [6.45, 7) is 6.74. The number of esters is 1. The fraction of sp³-hybridized carbons (Fsp3) is 0.333. The SMILES string of the molecule is COC(=O)c1ccc(C)c(NCc2sc(C)nc2C)c1. The number of benzene rings is 1. The number of rotatable bonds is 4. The molecule has 2 rings (SSSR count). The largest absolute Gasteiger partial charge is 0.465 e. The Balaban J connectivity index is 2.16. The van der Waals surface area contributed by atoms with Gasteiger partial charge in [-0.15, -0.1) is 11.3 Å². The molecule has 1 heterocycles. The molecule has 0 radical (unpaired) electrons. The summed E-state index contributed by atoms with van der Waals surface area (Å²) in [7, 11) is 1.39. The van der Waals surface area contributed by atoms with Gasteiger partial charge in [0, 0.05) is 10.6 Å². The van der Waals surface area contributed by atoms with Crippen molar-refractivity contribution in [1.82, 2.24) is 4.98 Å². The minimum absolute atomic E-state index is 0.321. The summed E-state index contributed by atoms with van der Waals surface area (Å²) in [5.41, 5.74) is 3.65. The lowest BCUT2D eigenvalue weighted by atomic mass is 10.1. The fourth-order valence-electron chi connectivity index (χ4n) is 1.97. The van der Waals surface area contributed by atoms with Crippen molar-refractivity contribution in [3.05, 3.63) is 44.9 Å². The van der Waals surface area contributed by atoms with Crippen LogP contribution in [0, 0.1) is 20.8 Å². The van der Waals surface area contributed by atoms with E-state index in [1.54, 1.807) is 17.4 Å². The molecule has 0 aliphatic heterocycles. The number of methoxy groups -OCH3 is 1. The van der Waals surface area contributed by atoms with Crippen LogP contribution in [0.3, 0.4) is 0 Å². The normalized spacial score (nSPS) is 10.4. The van der Waals surface area contributed by atoms with Crippen molar-refractivity contribution in [3.8, 4) is 0 Å². The van der Waals surface area contributed by atoms with Crippen LogP contribution in [-0.4, -0.2) is 18.1 Å². The first-order valence-electron chi connectivity index (χ1n) is 6.37. The molecule has 0 aliphatic carbocycles. The van der Waals surface area contributed by atoms with Crippen molar-refractivity contribution in [2.45, 2.75) is 27.3 Å². The Morgan fingerprint density at radius 1 is 1.35 bits per heavy atom. The zero-order valence-corrected chi connectivity index (χ0v) is 12.9. The molecular weight excluding hydrogens is 272 g/mol.